The van der Waals surface area contributed by atoms with E-state index in [0.717, 1.165) is 30.5 Å². The predicted octanol–water partition coefficient (Wildman–Crippen LogP) is 2.58. The fraction of sp³-hybridized carbons (Fsp3) is 0.588. The first-order valence-corrected chi connectivity index (χ1v) is 8.85. The molecule has 1 aliphatic heterocycles. The number of nitrogens with zero attached hydrogens (tertiary/aromatic N) is 1. The van der Waals surface area contributed by atoms with Gasteiger partial charge in [-0.1, -0.05) is 34.5 Å². The molecule has 0 aliphatic carbocycles. The number of hydrogen-bond donors (Lipinski definition) is 2. The van der Waals surface area contributed by atoms with E-state index in [1.807, 2.05) is 0 Å². The summed E-state index contributed by atoms with van der Waals surface area (Å²) < 4.78 is 1.15. The summed E-state index contributed by atoms with van der Waals surface area (Å²) in [5, 5.41) is 3.02. The summed E-state index contributed by atoms with van der Waals surface area (Å²) in [5.74, 6) is 0.0625. The number of likely N-dealkylation sites (tertiary alicyclic amines) is 1. The lowest BCUT2D eigenvalue weighted by atomic mass is 10.0. The van der Waals surface area contributed by atoms with Crippen molar-refractivity contribution in [2.24, 2.45) is 5.73 Å². The van der Waals surface area contributed by atoms with Crippen LogP contribution in [0.2, 0.25) is 0 Å². The van der Waals surface area contributed by atoms with Gasteiger partial charge in [0.15, 0.2) is 0 Å². The predicted molar refractivity (Wildman–Crippen MR) is 93.6 cm³/mol. The summed E-state index contributed by atoms with van der Waals surface area (Å²) in [4.78, 5) is 14.1. The molecule has 1 aliphatic rings. The number of piperidine rings is 1. The maximum absolute atomic E-state index is 11.6. The van der Waals surface area contributed by atoms with E-state index >= 15 is 0 Å². The van der Waals surface area contributed by atoms with E-state index in [-0.39, 0.29) is 5.91 Å². The van der Waals surface area contributed by atoms with Gasteiger partial charge in [0.1, 0.15) is 0 Å². The highest BCUT2D eigenvalue weighted by molar-refractivity contribution is 9.10. The molecule has 1 saturated heterocycles. The first-order chi connectivity index (χ1) is 10.6. The molecule has 3 N–H and O–H groups in total. The summed E-state index contributed by atoms with van der Waals surface area (Å²) in [5.41, 5.74) is 8.02. The summed E-state index contributed by atoms with van der Waals surface area (Å²) in [6, 6.07) is 6.96. The number of rotatable bonds is 6. The lowest BCUT2D eigenvalue weighted by molar-refractivity contribution is -0.121. The van der Waals surface area contributed by atoms with Gasteiger partial charge in [0, 0.05) is 36.6 Å². The number of aryl methyl sites for hydroxylation is 1. The molecule has 0 bridgehead atoms. The van der Waals surface area contributed by atoms with Gasteiger partial charge < -0.3 is 11.1 Å². The van der Waals surface area contributed by atoms with E-state index in [1.165, 1.54) is 24.0 Å². The largest absolute Gasteiger partial charge is 0.354 e. The molecule has 0 aromatic heterocycles. The monoisotopic (exact) mass is 367 g/mol. The van der Waals surface area contributed by atoms with Gasteiger partial charge in [-0.3, -0.25) is 9.69 Å². The molecule has 1 fully saturated rings. The van der Waals surface area contributed by atoms with Crippen LogP contribution in [0.15, 0.2) is 22.7 Å². The average Bonchev–Trinajstić information content (AvgIpc) is 2.50. The van der Waals surface area contributed by atoms with Crippen LogP contribution in [0.3, 0.4) is 0 Å². The van der Waals surface area contributed by atoms with Crippen LogP contribution in [0.5, 0.6) is 0 Å². The second-order valence-electron chi connectivity index (χ2n) is 6.05. The Balaban J connectivity index is 1.94. The highest BCUT2D eigenvalue weighted by atomic mass is 79.9. The Bertz CT molecular complexity index is 507. The zero-order valence-corrected chi connectivity index (χ0v) is 14.9. The highest BCUT2D eigenvalue weighted by Gasteiger charge is 2.22. The molecule has 0 saturated carbocycles. The molecular weight excluding hydrogens is 342 g/mol. The van der Waals surface area contributed by atoms with Gasteiger partial charge in [-0.15, -0.1) is 0 Å². The number of hydrogen-bond acceptors (Lipinski definition) is 3. The van der Waals surface area contributed by atoms with Gasteiger partial charge in [0.25, 0.3) is 0 Å². The van der Waals surface area contributed by atoms with Crippen molar-refractivity contribution < 1.29 is 4.79 Å². The Morgan fingerprint density at radius 3 is 3.00 bits per heavy atom. The lowest BCUT2D eigenvalue weighted by Crippen LogP contribution is -2.46. The van der Waals surface area contributed by atoms with Gasteiger partial charge in [-0.05, 0) is 43.5 Å². The van der Waals surface area contributed by atoms with E-state index in [4.69, 9.17) is 5.73 Å². The van der Waals surface area contributed by atoms with Crippen molar-refractivity contribution in [3.05, 3.63) is 33.8 Å². The van der Waals surface area contributed by atoms with Crippen LogP contribution in [0, 0.1) is 6.92 Å². The van der Waals surface area contributed by atoms with E-state index in [1.54, 1.807) is 0 Å². The molecule has 0 spiro atoms. The molecule has 2 rings (SSSR count). The van der Waals surface area contributed by atoms with E-state index in [2.05, 4.69) is 51.3 Å². The second-order valence-corrected chi connectivity index (χ2v) is 6.90. The molecular formula is C17H26BrN3O. The second kappa shape index (κ2) is 8.65. The number of halogens is 1. The average molecular weight is 368 g/mol. The number of carbonyl (C=O) groups is 1. The van der Waals surface area contributed by atoms with Crippen LogP contribution in [-0.4, -0.2) is 36.5 Å². The minimum atomic E-state index is 0.0625. The number of nitrogens with two attached hydrogens (primary N) is 1. The molecule has 1 amide bonds. The third kappa shape index (κ3) is 5.07. The molecule has 5 heteroatoms. The molecule has 22 heavy (non-hydrogen) atoms. The molecule has 1 heterocycles. The minimum absolute atomic E-state index is 0.0625. The summed E-state index contributed by atoms with van der Waals surface area (Å²) in [6.45, 7) is 5.32. The first-order valence-electron chi connectivity index (χ1n) is 8.06. The quantitative estimate of drug-likeness (QED) is 0.812. The van der Waals surface area contributed by atoms with E-state index in [0.29, 0.717) is 19.0 Å². The van der Waals surface area contributed by atoms with Crippen molar-refractivity contribution in [1.29, 1.82) is 0 Å². The van der Waals surface area contributed by atoms with E-state index < -0.39 is 0 Å². The Morgan fingerprint density at radius 1 is 1.45 bits per heavy atom. The highest BCUT2D eigenvalue weighted by Crippen LogP contribution is 2.22. The van der Waals surface area contributed by atoms with Crippen molar-refractivity contribution in [3.63, 3.8) is 0 Å². The van der Waals surface area contributed by atoms with Gasteiger partial charge in [-0.25, -0.2) is 0 Å². The number of amides is 1. The number of carbonyl (C=O) groups excluding carboxylic acids is 1. The lowest BCUT2D eigenvalue weighted by Gasteiger charge is -2.36. The van der Waals surface area contributed by atoms with Crippen LogP contribution >= 0.6 is 15.9 Å². The summed E-state index contributed by atoms with van der Waals surface area (Å²) in [6.07, 6.45) is 4.05. The molecule has 1 atom stereocenters. The van der Waals surface area contributed by atoms with Crippen molar-refractivity contribution in [2.45, 2.75) is 45.2 Å². The molecule has 122 valence electrons. The zero-order valence-electron chi connectivity index (χ0n) is 13.3. The molecule has 1 aromatic rings. The van der Waals surface area contributed by atoms with Crippen LogP contribution < -0.4 is 11.1 Å². The summed E-state index contributed by atoms with van der Waals surface area (Å²) >= 11 is 3.55. The standard InChI is InChI=1S/C17H26BrN3O/c1-13-10-14(5-6-16(13)18)12-21-9-3-2-4-15(21)11-20-17(22)7-8-19/h5-6,10,15H,2-4,7-9,11-12,19H2,1H3,(H,20,22). The van der Waals surface area contributed by atoms with Crippen molar-refractivity contribution in [3.8, 4) is 0 Å². The van der Waals surface area contributed by atoms with Gasteiger partial charge in [0.05, 0.1) is 0 Å². The van der Waals surface area contributed by atoms with E-state index in [9.17, 15) is 4.79 Å². The van der Waals surface area contributed by atoms with Crippen LogP contribution in [0.4, 0.5) is 0 Å². The Labute approximate surface area is 141 Å². The van der Waals surface area contributed by atoms with Gasteiger partial charge in [-0.2, -0.15) is 0 Å². The molecule has 1 aromatic carbocycles. The maximum atomic E-state index is 11.6. The van der Waals surface area contributed by atoms with Gasteiger partial charge in [0.2, 0.25) is 5.91 Å². The molecule has 1 unspecified atom stereocenters. The van der Waals surface area contributed by atoms with Crippen molar-refractivity contribution >= 4 is 21.8 Å². The Kier molecular flexibility index (Phi) is 6.86. The SMILES string of the molecule is Cc1cc(CN2CCCCC2CNC(=O)CCN)ccc1Br. The van der Waals surface area contributed by atoms with Crippen LogP contribution in [0.1, 0.15) is 36.8 Å². The molecule has 4 nitrogen and oxygen atoms in total. The van der Waals surface area contributed by atoms with Crippen LogP contribution in [0.25, 0.3) is 0 Å². The number of benzene rings is 1. The third-order valence-electron chi connectivity index (χ3n) is 4.26. The fourth-order valence-corrected chi connectivity index (χ4v) is 3.24. The topological polar surface area (TPSA) is 58.4 Å². The van der Waals surface area contributed by atoms with Crippen LogP contribution in [-0.2, 0) is 11.3 Å². The first kappa shape index (κ1) is 17.4. The smallest absolute Gasteiger partial charge is 0.221 e. The Hall–Kier alpha value is -0.910. The third-order valence-corrected chi connectivity index (χ3v) is 5.15. The normalized spacial score (nSPS) is 19.1. The molecule has 0 radical (unpaired) electrons. The zero-order chi connectivity index (χ0) is 15.9. The Morgan fingerprint density at radius 2 is 2.27 bits per heavy atom. The van der Waals surface area contributed by atoms with Crippen molar-refractivity contribution in [1.82, 2.24) is 10.2 Å². The minimum Gasteiger partial charge on any atom is -0.354 e. The maximum Gasteiger partial charge on any atom is 0.221 e. The van der Waals surface area contributed by atoms with Crippen molar-refractivity contribution in [2.75, 3.05) is 19.6 Å². The van der Waals surface area contributed by atoms with Gasteiger partial charge >= 0.3 is 0 Å². The number of nitrogens with one attached hydrogen (secondary N) is 1. The summed E-state index contributed by atoms with van der Waals surface area (Å²) in [7, 11) is 0. The fourth-order valence-electron chi connectivity index (χ4n) is 2.99.